The first-order chi connectivity index (χ1) is 13.0. The minimum atomic E-state index is -0.498. The molecule has 1 aliphatic rings. The van der Waals surface area contributed by atoms with Crippen LogP contribution < -0.4 is 10.1 Å². The molecule has 2 aromatic carbocycles. The van der Waals surface area contributed by atoms with Crippen LogP contribution in [0.1, 0.15) is 30.0 Å². The number of nitrogens with one attached hydrogen (secondary N) is 1. The van der Waals surface area contributed by atoms with Gasteiger partial charge in [-0.15, -0.1) is 0 Å². The molecule has 7 nitrogen and oxygen atoms in total. The third-order valence-electron chi connectivity index (χ3n) is 4.93. The largest absolute Gasteiger partial charge is 0.494 e. The summed E-state index contributed by atoms with van der Waals surface area (Å²) in [5, 5.41) is 13.7. The highest BCUT2D eigenvalue weighted by Gasteiger charge is 2.25. The van der Waals surface area contributed by atoms with Gasteiger partial charge in [0.1, 0.15) is 5.75 Å². The van der Waals surface area contributed by atoms with Crippen molar-refractivity contribution < 1.29 is 14.5 Å². The van der Waals surface area contributed by atoms with E-state index in [0.717, 1.165) is 19.3 Å². The van der Waals surface area contributed by atoms with Gasteiger partial charge < -0.3 is 10.1 Å². The van der Waals surface area contributed by atoms with Crippen LogP contribution in [0, 0.1) is 10.1 Å². The number of hydrogen-bond donors (Lipinski definition) is 1. The second-order valence-corrected chi connectivity index (χ2v) is 6.71. The number of fused-ring (bicyclic) bond motifs is 1. The summed E-state index contributed by atoms with van der Waals surface area (Å²) >= 11 is 0. The van der Waals surface area contributed by atoms with Crippen LogP contribution in [0.25, 0.3) is 0 Å². The lowest BCUT2D eigenvalue weighted by molar-refractivity contribution is -0.384. The van der Waals surface area contributed by atoms with Gasteiger partial charge in [-0.1, -0.05) is 24.3 Å². The molecule has 7 heteroatoms. The van der Waals surface area contributed by atoms with Crippen molar-refractivity contribution in [3.8, 4) is 5.75 Å². The number of aryl methyl sites for hydroxylation is 1. The van der Waals surface area contributed by atoms with Crippen LogP contribution in [0.3, 0.4) is 0 Å². The summed E-state index contributed by atoms with van der Waals surface area (Å²) in [6.45, 7) is 0.221. The molecule has 0 bridgehead atoms. The Morgan fingerprint density at radius 3 is 2.85 bits per heavy atom. The monoisotopic (exact) mass is 369 g/mol. The van der Waals surface area contributed by atoms with Crippen molar-refractivity contribution in [2.75, 3.05) is 26.0 Å². The Kier molecular flexibility index (Phi) is 5.71. The number of carbonyl (C=O) groups is 1. The summed E-state index contributed by atoms with van der Waals surface area (Å²) in [4.78, 5) is 25.0. The van der Waals surface area contributed by atoms with E-state index >= 15 is 0 Å². The Bertz CT molecular complexity index is 853. The van der Waals surface area contributed by atoms with E-state index in [2.05, 4.69) is 23.5 Å². The number of nitrogens with zero attached hydrogens (tertiary/aromatic N) is 2. The Labute approximate surface area is 158 Å². The molecule has 1 amide bonds. The third-order valence-corrected chi connectivity index (χ3v) is 4.93. The normalized spacial score (nSPS) is 15.9. The maximum Gasteiger partial charge on any atom is 0.273 e. The highest BCUT2D eigenvalue weighted by atomic mass is 16.6. The van der Waals surface area contributed by atoms with E-state index in [4.69, 9.17) is 4.74 Å². The fourth-order valence-corrected chi connectivity index (χ4v) is 3.61. The fourth-order valence-electron chi connectivity index (χ4n) is 3.61. The summed E-state index contributed by atoms with van der Waals surface area (Å²) in [7, 11) is 3.36. The van der Waals surface area contributed by atoms with Crippen molar-refractivity contribution in [1.29, 1.82) is 0 Å². The van der Waals surface area contributed by atoms with Crippen LogP contribution in [0.15, 0.2) is 42.5 Å². The van der Waals surface area contributed by atoms with Gasteiger partial charge in [-0.3, -0.25) is 19.8 Å². The maximum atomic E-state index is 12.5. The molecule has 2 aromatic rings. The second kappa shape index (κ2) is 8.18. The zero-order valence-corrected chi connectivity index (χ0v) is 15.5. The predicted octanol–water partition coefficient (Wildman–Crippen LogP) is 3.55. The molecule has 27 heavy (non-hydrogen) atoms. The first-order valence-electron chi connectivity index (χ1n) is 8.90. The number of non-ortho nitro benzene ring substituents is 1. The minimum Gasteiger partial charge on any atom is -0.494 e. The number of nitro groups is 1. The smallest absolute Gasteiger partial charge is 0.273 e. The average molecular weight is 369 g/mol. The minimum absolute atomic E-state index is 0.0826. The molecule has 142 valence electrons. The van der Waals surface area contributed by atoms with Gasteiger partial charge in [0.25, 0.3) is 5.69 Å². The molecule has 0 fully saturated rings. The van der Waals surface area contributed by atoms with Gasteiger partial charge in [0, 0.05) is 12.1 Å². The SMILES string of the molecule is COc1cc([N+](=O)[O-])ccc1NC(=O)CN(C)[C@H]1CCCc2ccccc21. The highest BCUT2D eigenvalue weighted by molar-refractivity contribution is 5.94. The first-order valence-corrected chi connectivity index (χ1v) is 8.90. The van der Waals surface area contributed by atoms with Crippen molar-refractivity contribution in [3.63, 3.8) is 0 Å². The Hall–Kier alpha value is -2.93. The summed E-state index contributed by atoms with van der Waals surface area (Å²) < 4.78 is 5.17. The number of amides is 1. The van der Waals surface area contributed by atoms with E-state index in [9.17, 15) is 14.9 Å². The Morgan fingerprint density at radius 2 is 2.11 bits per heavy atom. The van der Waals surface area contributed by atoms with Crippen molar-refractivity contribution in [3.05, 3.63) is 63.7 Å². The molecule has 1 N–H and O–H groups in total. The highest BCUT2D eigenvalue weighted by Crippen LogP contribution is 2.33. The van der Waals surface area contributed by atoms with Crippen molar-refractivity contribution in [2.24, 2.45) is 0 Å². The molecule has 0 saturated carbocycles. The molecule has 0 aromatic heterocycles. The lowest BCUT2D eigenvalue weighted by Crippen LogP contribution is -2.35. The van der Waals surface area contributed by atoms with E-state index in [0.29, 0.717) is 5.69 Å². The first kappa shape index (κ1) is 18.8. The third kappa shape index (κ3) is 4.25. The van der Waals surface area contributed by atoms with Crippen LogP contribution >= 0.6 is 0 Å². The quantitative estimate of drug-likeness (QED) is 0.622. The van der Waals surface area contributed by atoms with E-state index < -0.39 is 4.92 Å². The van der Waals surface area contributed by atoms with Gasteiger partial charge in [-0.25, -0.2) is 0 Å². The number of ether oxygens (including phenoxy) is 1. The summed E-state index contributed by atoms with van der Waals surface area (Å²) in [5.74, 6) is 0.0796. The number of methoxy groups -OCH3 is 1. The topological polar surface area (TPSA) is 84.7 Å². The number of benzene rings is 2. The Morgan fingerprint density at radius 1 is 1.33 bits per heavy atom. The van der Waals surface area contributed by atoms with Crippen LogP contribution in [-0.4, -0.2) is 36.4 Å². The fraction of sp³-hybridized carbons (Fsp3) is 0.350. The van der Waals surface area contributed by atoms with Gasteiger partial charge in [0.2, 0.25) is 5.91 Å². The number of carbonyl (C=O) groups excluding carboxylic acids is 1. The molecular weight excluding hydrogens is 346 g/mol. The van der Waals surface area contributed by atoms with Crippen LogP contribution in [0.4, 0.5) is 11.4 Å². The molecule has 3 rings (SSSR count). The van der Waals surface area contributed by atoms with Crippen LogP contribution in [0.5, 0.6) is 5.75 Å². The molecule has 0 spiro atoms. The molecule has 1 atom stereocenters. The van der Waals surface area contributed by atoms with Gasteiger partial charge >= 0.3 is 0 Å². The summed E-state index contributed by atoms with van der Waals surface area (Å²) in [6, 6.07) is 12.7. The molecule has 0 unspecified atom stereocenters. The zero-order chi connectivity index (χ0) is 19.4. The second-order valence-electron chi connectivity index (χ2n) is 6.71. The van der Waals surface area contributed by atoms with E-state index in [-0.39, 0.29) is 29.9 Å². The lowest BCUT2D eigenvalue weighted by Gasteiger charge is -2.32. The van der Waals surface area contributed by atoms with Crippen molar-refractivity contribution in [1.82, 2.24) is 4.90 Å². The number of likely N-dealkylation sites (N-methyl/N-ethyl adjacent to an activating group) is 1. The van der Waals surface area contributed by atoms with Gasteiger partial charge in [-0.05, 0) is 43.5 Å². The summed E-state index contributed by atoms with van der Waals surface area (Å²) in [5.41, 5.74) is 2.97. The molecule has 1 aliphatic carbocycles. The van der Waals surface area contributed by atoms with Crippen molar-refractivity contribution in [2.45, 2.75) is 25.3 Å². The van der Waals surface area contributed by atoms with Crippen LogP contribution in [-0.2, 0) is 11.2 Å². The molecule has 0 heterocycles. The predicted molar refractivity (Wildman–Crippen MR) is 103 cm³/mol. The van der Waals surface area contributed by atoms with Gasteiger partial charge in [0.05, 0.1) is 30.3 Å². The van der Waals surface area contributed by atoms with Gasteiger partial charge in [-0.2, -0.15) is 0 Å². The summed E-state index contributed by atoms with van der Waals surface area (Å²) in [6.07, 6.45) is 3.19. The van der Waals surface area contributed by atoms with Crippen LogP contribution in [0.2, 0.25) is 0 Å². The maximum absolute atomic E-state index is 12.5. The van der Waals surface area contributed by atoms with E-state index in [1.54, 1.807) is 0 Å². The zero-order valence-electron chi connectivity index (χ0n) is 15.5. The Balaban J connectivity index is 1.69. The lowest BCUT2D eigenvalue weighted by atomic mass is 9.87. The standard InChI is InChI=1S/C20H23N3O4/c1-22(18-9-5-7-14-6-3-4-8-16(14)18)13-20(24)21-17-11-10-15(23(25)26)12-19(17)27-2/h3-4,6,8,10-12,18H,5,7,9,13H2,1-2H3,(H,21,24)/t18-/m0/s1. The van der Waals surface area contributed by atoms with E-state index in [1.165, 1.54) is 36.4 Å². The number of hydrogen-bond acceptors (Lipinski definition) is 5. The number of rotatable bonds is 6. The molecule has 0 aliphatic heterocycles. The molecule has 0 saturated heterocycles. The molecular formula is C20H23N3O4. The number of nitro benzene ring substituents is 1. The van der Waals surface area contributed by atoms with Gasteiger partial charge in [0.15, 0.2) is 0 Å². The van der Waals surface area contributed by atoms with E-state index in [1.807, 2.05) is 18.0 Å². The average Bonchev–Trinajstić information content (AvgIpc) is 2.67. The molecule has 0 radical (unpaired) electrons. The van der Waals surface area contributed by atoms with Crippen molar-refractivity contribution >= 4 is 17.3 Å². The number of anilines is 1.